The largest absolute Gasteiger partial charge is 0.484 e. The Kier molecular flexibility index (Phi) is 5.88. The lowest BCUT2D eigenvalue weighted by Gasteiger charge is -2.03. The molecule has 20 heavy (non-hydrogen) atoms. The highest BCUT2D eigenvalue weighted by atomic mass is 32.2. The van der Waals surface area contributed by atoms with Gasteiger partial charge in [-0.25, -0.2) is 0 Å². The number of hydrogen-bond acceptors (Lipinski definition) is 6. The summed E-state index contributed by atoms with van der Waals surface area (Å²) in [5.41, 5.74) is 1.15. The zero-order chi connectivity index (χ0) is 14.2. The van der Waals surface area contributed by atoms with E-state index in [4.69, 9.17) is 13.9 Å². The Labute approximate surface area is 122 Å². The van der Waals surface area contributed by atoms with Gasteiger partial charge in [-0.05, 0) is 31.5 Å². The molecule has 0 unspecified atom stereocenters. The molecule has 0 saturated carbocycles. The van der Waals surface area contributed by atoms with E-state index in [-0.39, 0.29) is 6.61 Å². The van der Waals surface area contributed by atoms with Crippen LogP contribution < -0.4 is 4.74 Å². The lowest BCUT2D eigenvalue weighted by molar-refractivity contribution is 0.164. The van der Waals surface area contributed by atoms with Gasteiger partial charge in [0.2, 0.25) is 0 Å². The first-order valence-electron chi connectivity index (χ1n) is 6.50. The summed E-state index contributed by atoms with van der Waals surface area (Å²) in [5, 5.41) is 8.45. The predicted molar refractivity (Wildman–Crippen MR) is 77.0 cm³/mol. The Hall–Kier alpha value is -1.53. The van der Waals surface area contributed by atoms with E-state index >= 15 is 0 Å². The Morgan fingerprint density at radius 3 is 3.00 bits per heavy atom. The molecule has 0 bridgehead atoms. The molecule has 2 aromatic rings. The highest BCUT2D eigenvalue weighted by molar-refractivity contribution is 7.99. The van der Waals surface area contributed by atoms with E-state index in [2.05, 4.69) is 10.2 Å². The molecule has 0 amide bonds. The summed E-state index contributed by atoms with van der Waals surface area (Å²) in [6.07, 6.45) is 0. The number of thioether (sulfide) groups is 1. The fourth-order valence-electron chi connectivity index (χ4n) is 1.54. The summed E-state index contributed by atoms with van der Waals surface area (Å²) in [6.45, 7) is 5.67. The predicted octanol–water partition coefficient (Wildman–Crippen LogP) is 3.09. The number of rotatable bonds is 8. The SMILES string of the molecule is CCOCCSc1nnc(COc2cccc(C)c2)o1. The van der Waals surface area contributed by atoms with Crippen molar-refractivity contribution in [3.63, 3.8) is 0 Å². The molecule has 1 heterocycles. The molecule has 0 spiro atoms. The van der Waals surface area contributed by atoms with E-state index < -0.39 is 0 Å². The summed E-state index contributed by atoms with van der Waals surface area (Å²) in [4.78, 5) is 0. The summed E-state index contributed by atoms with van der Waals surface area (Å²) in [5.74, 6) is 2.08. The van der Waals surface area contributed by atoms with Gasteiger partial charge in [0, 0.05) is 12.4 Å². The van der Waals surface area contributed by atoms with Crippen LogP contribution in [0.2, 0.25) is 0 Å². The molecule has 1 aromatic carbocycles. The van der Waals surface area contributed by atoms with Crippen LogP contribution in [0.5, 0.6) is 5.75 Å². The lowest BCUT2D eigenvalue weighted by atomic mass is 10.2. The monoisotopic (exact) mass is 294 g/mol. The van der Waals surface area contributed by atoms with Crippen LogP contribution in [0.3, 0.4) is 0 Å². The van der Waals surface area contributed by atoms with E-state index in [1.807, 2.05) is 38.1 Å². The maximum atomic E-state index is 5.60. The summed E-state index contributed by atoms with van der Waals surface area (Å²) >= 11 is 1.48. The number of benzene rings is 1. The van der Waals surface area contributed by atoms with Crippen LogP contribution >= 0.6 is 11.8 Å². The van der Waals surface area contributed by atoms with Crippen LogP contribution in [0.25, 0.3) is 0 Å². The standard InChI is InChI=1S/C14H18N2O3S/c1-3-17-7-8-20-14-16-15-13(19-14)10-18-12-6-4-5-11(2)9-12/h4-6,9H,3,7-8,10H2,1-2H3. The van der Waals surface area contributed by atoms with Crippen molar-refractivity contribution in [3.8, 4) is 5.75 Å². The molecular formula is C14H18N2O3S. The average molecular weight is 294 g/mol. The molecule has 6 heteroatoms. The van der Waals surface area contributed by atoms with Crippen LogP contribution in [0.4, 0.5) is 0 Å². The highest BCUT2D eigenvalue weighted by Crippen LogP contribution is 2.18. The third-order valence-electron chi connectivity index (χ3n) is 2.46. The molecule has 0 aliphatic rings. The Morgan fingerprint density at radius 1 is 1.30 bits per heavy atom. The molecule has 0 N–H and O–H groups in total. The molecule has 0 aliphatic carbocycles. The van der Waals surface area contributed by atoms with Crippen LogP contribution in [-0.4, -0.2) is 29.2 Å². The summed E-state index contributed by atoms with van der Waals surface area (Å²) < 4.78 is 16.3. The first-order chi connectivity index (χ1) is 9.78. The minimum Gasteiger partial charge on any atom is -0.484 e. The van der Waals surface area contributed by atoms with Crippen molar-refractivity contribution in [3.05, 3.63) is 35.7 Å². The second kappa shape index (κ2) is 7.91. The molecular weight excluding hydrogens is 276 g/mol. The highest BCUT2D eigenvalue weighted by Gasteiger charge is 2.07. The zero-order valence-corrected chi connectivity index (χ0v) is 12.5. The van der Waals surface area contributed by atoms with Crippen molar-refractivity contribution in [2.75, 3.05) is 19.0 Å². The normalized spacial score (nSPS) is 10.7. The number of aromatic nitrogens is 2. The van der Waals surface area contributed by atoms with Gasteiger partial charge in [-0.15, -0.1) is 10.2 Å². The number of aryl methyl sites for hydroxylation is 1. The van der Waals surface area contributed by atoms with Crippen molar-refractivity contribution in [2.24, 2.45) is 0 Å². The van der Waals surface area contributed by atoms with Gasteiger partial charge >= 0.3 is 0 Å². The van der Waals surface area contributed by atoms with Crippen LogP contribution in [0.1, 0.15) is 18.4 Å². The van der Waals surface area contributed by atoms with Gasteiger partial charge < -0.3 is 13.9 Å². The van der Waals surface area contributed by atoms with Gasteiger partial charge in [0.25, 0.3) is 11.1 Å². The Morgan fingerprint density at radius 2 is 2.20 bits per heavy atom. The fourth-order valence-corrected chi connectivity index (χ4v) is 2.17. The Balaban J connectivity index is 1.78. The van der Waals surface area contributed by atoms with E-state index in [0.29, 0.717) is 17.7 Å². The molecule has 0 fully saturated rings. The van der Waals surface area contributed by atoms with E-state index in [1.54, 1.807) is 0 Å². The van der Waals surface area contributed by atoms with Gasteiger partial charge in [0.15, 0.2) is 6.61 Å². The van der Waals surface area contributed by atoms with Gasteiger partial charge in [-0.2, -0.15) is 0 Å². The topological polar surface area (TPSA) is 57.4 Å². The zero-order valence-electron chi connectivity index (χ0n) is 11.7. The molecule has 5 nitrogen and oxygen atoms in total. The number of hydrogen-bond donors (Lipinski definition) is 0. The van der Waals surface area contributed by atoms with Crippen molar-refractivity contribution in [1.82, 2.24) is 10.2 Å². The Bertz CT molecular complexity index is 531. The summed E-state index contributed by atoms with van der Waals surface area (Å²) in [6, 6.07) is 7.84. The van der Waals surface area contributed by atoms with Crippen molar-refractivity contribution >= 4 is 11.8 Å². The van der Waals surface area contributed by atoms with Crippen LogP contribution in [0.15, 0.2) is 33.9 Å². The first-order valence-corrected chi connectivity index (χ1v) is 7.49. The third-order valence-corrected chi connectivity index (χ3v) is 3.24. The molecule has 0 atom stereocenters. The van der Waals surface area contributed by atoms with Gasteiger partial charge in [-0.1, -0.05) is 23.9 Å². The van der Waals surface area contributed by atoms with E-state index in [9.17, 15) is 0 Å². The maximum Gasteiger partial charge on any atom is 0.276 e. The van der Waals surface area contributed by atoms with Gasteiger partial charge in [0.05, 0.1) is 6.61 Å². The second-order valence-corrected chi connectivity index (χ2v) is 5.16. The molecule has 108 valence electrons. The number of nitrogens with zero attached hydrogens (tertiary/aromatic N) is 2. The molecule has 1 aromatic heterocycles. The van der Waals surface area contributed by atoms with Gasteiger partial charge in [-0.3, -0.25) is 0 Å². The van der Waals surface area contributed by atoms with E-state index in [1.165, 1.54) is 11.8 Å². The molecule has 0 aliphatic heterocycles. The molecule has 0 radical (unpaired) electrons. The minimum absolute atomic E-state index is 0.280. The second-order valence-electron chi connectivity index (χ2n) is 4.11. The fraction of sp³-hybridized carbons (Fsp3) is 0.429. The summed E-state index contributed by atoms with van der Waals surface area (Å²) in [7, 11) is 0. The molecule has 2 rings (SSSR count). The van der Waals surface area contributed by atoms with Crippen LogP contribution in [-0.2, 0) is 11.3 Å². The van der Waals surface area contributed by atoms with Crippen molar-refractivity contribution in [2.45, 2.75) is 25.7 Å². The average Bonchev–Trinajstić information content (AvgIpc) is 2.89. The lowest BCUT2D eigenvalue weighted by Crippen LogP contribution is -1.95. The van der Waals surface area contributed by atoms with Crippen molar-refractivity contribution < 1.29 is 13.9 Å². The maximum absolute atomic E-state index is 5.60. The van der Waals surface area contributed by atoms with E-state index in [0.717, 1.165) is 23.7 Å². The first kappa shape index (κ1) is 14.9. The van der Waals surface area contributed by atoms with Gasteiger partial charge in [0.1, 0.15) is 5.75 Å². The number of ether oxygens (including phenoxy) is 2. The quantitative estimate of drug-likeness (QED) is 0.551. The third kappa shape index (κ3) is 4.86. The smallest absolute Gasteiger partial charge is 0.276 e. The van der Waals surface area contributed by atoms with Crippen LogP contribution in [0, 0.1) is 6.92 Å². The molecule has 0 saturated heterocycles. The van der Waals surface area contributed by atoms with Crippen molar-refractivity contribution in [1.29, 1.82) is 0 Å². The minimum atomic E-state index is 0.280.